The quantitative estimate of drug-likeness (QED) is 0.576. The average Bonchev–Trinajstić information content (AvgIpc) is 2.46. The van der Waals surface area contributed by atoms with E-state index in [1.807, 2.05) is 19.1 Å². The number of carbonyl (C=O) groups is 1. The zero-order valence-corrected chi connectivity index (χ0v) is 15.9. The molecule has 130 valence electrons. The van der Waals surface area contributed by atoms with Crippen molar-refractivity contribution >= 4 is 5.78 Å². The Morgan fingerprint density at radius 3 is 2.30 bits per heavy atom. The molecule has 0 N–H and O–H groups in total. The number of ketones is 1. The van der Waals surface area contributed by atoms with Gasteiger partial charge in [0, 0.05) is 12.3 Å². The molecule has 0 aromatic heterocycles. The summed E-state index contributed by atoms with van der Waals surface area (Å²) in [6.07, 6.45) is 2.73. The molecule has 2 unspecified atom stereocenters. The van der Waals surface area contributed by atoms with E-state index in [1.165, 1.54) is 6.07 Å². The van der Waals surface area contributed by atoms with Crippen LogP contribution in [0.4, 0.5) is 4.39 Å². The van der Waals surface area contributed by atoms with Crippen LogP contribution >= 0.6 is 0 Å². The third-order valence-corrected chi connectivity index (χ3v) is 5.24. The Morgan fingerprint density at radius 2 is 1.83 bits per heavy atom. The predicted molar refractivity (Wildman–Crippen MR) is 96.2 cm³/mol. The molecule has 0 saturated carbocycles. The lowest BCUT2D eigenvalue weighted by molar-refractivity contribution is -0.126. The second-order valence-electron chi connectivity index (χ2n) is 8.14. The third-order valence-electron chi connectivity index (χ3n) is 5.24. The molecule has 0 aliphatic carbocycles. The second kappa shape index (κ2) is 8.08. The van der Waals surface area contributed by atoms with Gasteiger partial charge in [-0.25, -0.2) is 4.39 Å². The summed E-state index contributed by atoms with van der Waals surface area (Å²) < 4.78 is 13.6. The smallest absolute Gasteiger partial charge is 0.136 e. The highest BCUT2D eigenvalue weighted by molar-refractivity contribution is 5.82. The van der Waals surface area contributed by atoms with Gasteiger partial charge in [0.15, 0.2) is 0 Å². The first-order chi connectivity index (χ1) is 10.6. The molecule has 0 bridgehead atoms. The maximum Gasteiger partial charge on any atom is 0.136 e. The second-order valence-corrected chi connectivity index (χ2v) is 8.14. The van der Waals surface area contributed by atoms with Gasteiger partial charge in [-0.15, -0.1) is 0 Å². The van der Waals surface area contributed by atoms with Gasteiger partial charge in [0.05, 0.1) is 0 Å². The minimum absolute atomic E-state index is 0.0195. The number of hydrogen-bond acceptors (Lipinski definition) is 1. The first-order valence-corrected chi connectivity index (χ1v) is 8.86. The van der Waals surface area contributed by atoms with Gasteiger partial charge < -0.3 is 0 Å². The van der Waals surface area contributed by atoms with Gasteiger partial charge in [0.2, 0.25) is 0 Å². The molecule has 0 radical (unpaired) electrons. The first kappa shape index (κ1) is 19.9. The molecule has 0 saturated heterocycles. The molecule has 0 fully saturated rings. The maximum atomic E-state index is 13.6. The van der Waals surface area contributed by atoms with Crippen LogP contribution in [-0.2, 0) is 4.79 Å². The van der Waals surface area contributed by atoms with Crippen LogP contribution in [0.3, 0.4) is 0 Å². The molecule has 1 aromatic carbocycles. The first-order valence-electron chi connectivity index (χ1n) is 8.86. The number of rotatable bonds is 7. The van der Waals surface area contributed by atoms with Crippen LogP contribution in [0.15, 0.2) is 18.2 Å². The highest BCUT2D eigenvalue weighted by atomic mass is 19.1. The maximum absolute atomic E-state index is 13.6. The van der Waals surface area contributed by atoms with Crippen LogP contribution < -0.4 is 0 Å². The summed E-state index contributed by atoms with van der Waals surface area (Å²) in [4.78, 5) is 12.8. The number of halogens is 1. The molecule has 1 rings (SSSR count). The monoisotopic (exact) mass is 320 g/mol. The Bertz CT molecular complexity index is 527. The van der Waals surface area contributed by atoms with E-state index in [1.54, 1.807) is 6.92 Å². The molecule has 0 aliphatic rings. The Hall–Kier alpha value is -1.18. The van der Waals surface area contributed by atoms with E-state index < -0.39 is 0 Å². The van der Waals surface area contributed by atoms with Crippen LogP contribution in [-0.4, -0.2) is 5.78 Å². The molecule has 3 atom stereocenters. The van der Waals surface area contributed by atoms with Gasteiger partial charge in [-0.2, -0.15) is 0 Å². The minimum atomic E-state index is -0.176. The molecule has 23 heavy (non-hydrogen) atoms. The van der Waals surface area contributed by atoms with Crippen molar-refractivity contribution in [3.63, 3.8) is 0 Å². The predicted octanol–water partition coefficient (Wildman–Crippen LogP) is 6.30. The van der Waals surface area contributed by atoms with Crippen molar-refractivity contribution in [1.82, 2.24) is 0 Å². The number of benzene rings is 1. The number of Topliss-reactive ketones (excluding diaryl/α,β-unsaturated/α-hetero) is 1. The molecule has 1 nitrogen and oxygen atoms in total. The fraction of sp³-hybridized carbons (Fsp3) is 0.667. The van der Waals surface area contributed by atoms with Crippen molar-refractivity contribution < 1.29 is 9.18 Å². The fourth-order valence-electron chi connectivity index (χ4n) is 3.08. The fourth-order valence-corrected chi connectivity index (χ4v) is 3.08. The normalized spacial score (nSPS) is 16.0. The molecule has 0 amide bonds. The zero-order chi connectivity index (χ0) is 17.8. The Morgan fingerprint density at radius 1 is 1.22 bits per heavy atom. The standard InChI is InChI=1S/C21H33FO/c1-8-9-14(2)18(13-20(23)16(4)21(5,6)7)17-10-11-19(22)15(3)12-17/h10-12,14,16,18H,8-9,13H2,1-7H3/t14?,16?,18-/m1/s1. The van der Waals surface area contributed by atoms with Gasteiger partial charge in [-0.1, -0.05) is 66.5 Å². The van der Waals surface area contributed by atoms with Crippen LogP contribution in [0, 0.1) is 30.0 Å². The van der Waals surface area contributed by atoms with Crippen molar-refractivity contribution in [3.05, 3.63) is 35.1 Å². The summed E-state index contributed by atoms with van der Waals surface area (Å²) in [6.45, 7) is 14.5. The lowest BCUT2D eigenvalue weighted by Gasteiger charge is -2.30. The van der Waals surface area contributed by atoms with E-state index in [4.69, 9.17) is 0 Å². The van der Waals surface area contributed by atoms with E-state index in [-0.39, 0.29) is 23.1 Å². The van der Waals surface area contributed by atoms with Crippen molar-refractivity contribution in [2.45, 2.75) is 73.6 Å². The van der Waals surface area contributed by atoms with Gasteiger partial charge in [-0.05, 0) is 41.4 Å². The average molecular weight is 320 g/mol. The van der Waals surface area contributed by atoms with E-state index in [0.717, 1.165) is 18.4 Å². The van der Waals surface area contributed by atoms with Crippen LogP contribution in [0.5, 0.6) is 0 Å². The number of carbonyl (C=O) groups excluding carboxylic acids is 1. The van der Waals surface area contributed by atoms with Crippen molar-refractivity contribution in [1.29, 1.82) is 0 Å². The Balaban J connectivity index is 3.06. The Labute approximate surface area is 141 Å². The van der Waals surface area contributed by atoms with E-state index in [2.05, 4.69) is 34.6 Å². The summed E-state index contributed by atoms with van der Waals surface area (Å²) in [7, 11) is 0. The van der Waals surface area contributed by atoms with Crippen LogP contribution in [0.1, 0.15) is 77.8 Å². The zero-order valence-electron chi connectivity index (χ0n) is 15.9. The molecular weight excluding hydrogens is 287 g/mol. The summed E-state index contributed by atoms with van der Waals surface area (Å²) >= 11 is 0. The third kappa shape index (κ3) is 5.44. The van der Waals surface area contributed by atoms with E-state index in [9.17, 15) is 9.18 Å². The molecule has 0 spiro atoms. The highest BCUT2D eigenvalue weighted by Gasteiger charge is 2.30. The van der Waals surface area contributed by atoms with Gasteiger partial charge in [0.25, 0.3) is 0 Å². The molecule has 1 aromatic rings. The minimum Gasteiger partial charge on any atom is -0.299 e. The van der Waals surface area contributed by atoms with Crippen LogP contribution in [0.25, 0.3) is 0 Å². The largest absolute Gasteiger partial charge is 0.299 e. The lowest BCUT2D eigenvalue weighted by atomic mass is 9.74. The number of aryl methyl sites for hydroxylation is 1. The number of hydrogen-bond donors (Lipinski definition) is 0. The summed E-state index contributed by atoms with van der Waals surface area (Å²) in [6, 6.07) is 5.31. The Kier molecular flexibility index (Phi) is 6.98. The van der Waals surface area contributed by atoms with Crippen LogP contribution in [0.2, 0.25) is 0 Å². The lowest BCUT2D eigenvalue weighted by Crippen LogP contribution is -2.28. The highest BCUT2D eigenvalue weighted by Crippen LogP contribution is 2.35. The molecular formula is C21H33FO. The van der Waals surface area contributed by atoms with Crippen molar-refractivity contribution in [2.24, 2.45) is 17.3 Å². The molecule has 2 heteroatoms. The van der Waals surface area contributed by atoms with Gasteiger partial charge in [0.1, 0.15) is 11.6 Å². The molecule has 0 heterocycles. The summed E-state index contributed by atoms with van der Waals surface area (Å²) in [5.74, 6) is 0.755. The van der Waals surface area contributed by atoms with Crippen molar-refractivity contribution in [2.75, 3.05) is 0 Å². The van der Waals surface area contributed by atoms with Crippen molar-refractivity contribution in [3.8, 4) is 0 Å². The van der Waals surface area contributed by atoms with E-state index in [0.29, 0.717) is 23.7 Å². The van der Waals surface area contributed by atoms with Gasteiger partial charge in [-0.3, -0.25) is 4.79 Å². The molecule has 0 aliphatic heterocycles. The summed E-state index contributed by atoms with van der Waals surface area (Å²) in [5.41, 5.74) is 1.74. The van der Waals surface area contributed by atoms with E-state index >= 15 is 0 Å². The topological polar surface area (TPSA) is 17.1 Å². The van der Waals surface area contributed by atoms with Gasteiger partial charge >= 0.3 is 0 Å². The SMILES string of the molecule is CCCC(C)[C@@H](CC(=O)C(C)C(C)(C)C)c1ccc(F)c(C)c1. The summed E-state index contributed by atoms with van der Waals surface area (Å²) in [5, 5.41) is 0.